The number of carbonyl (C=O) groups excluding carboxylic acids is 1. The van der Waals surface area contributed by atoms with Gasteiger partial charge in [0.25, 0.3) is 0 Å². The van der Waals surface area contributed by atoms with Crippen LogP contribution in [0.2, 0.25) is 0 Å². The van der Waals surface area contributed by atoms with Gasteiger partial charge < -0.3 is 9.73 Å². The fraction of sp³-hybridized carbons (Fsp3) is 0.182. The molecular formula is C22H21N5O2. The third kappa shape index (κ3) is 4.57. The van der Waals surface area contributed by atoms with E-state index in [0.29, 0.717) is 29.6 Å². The highest BCUT2D eigenvalue weighted by atomic mass is 16.4. The molecule has 146 valence electrons. The number of amides is 1. The van der Waals surface area contributed by atoms with E-state index in [4.69, 9.17) is 4.42 Å². The summed E-state index contributed by atoms with van der Waals surface area (Å²) in [5, 5.41) is 9.86. The third-order valence-corrected chi connectivity index (χ3v) is 4.46. The van der Waals surface area contributed by atoms with Gasteiger partial charge in [-0.15, -0.1) is 0 Å². The minimum absolute atomic E-state index is 0.108. The zero-order valence-electron chi connectivity index (χ0n) is 16.3. The summed E-state index contributed by atoms with van der Waals surface area (Å²) in [6.45, 7) is 3.88. The Bertz CT molecular complexity index is 1130. The fourth-order valence-electron chi connectivity index (χ4n) is 2.93. The zero-order valence-corrected chi connectivity index (χ0v) is 16.3. The number of aryl methyl sites for hydroxylation is 3. The minimum atomic E-state index is -0.108. The van der Waals surface area contributed by atoms with Crippen molar-refractivity contribution >= 4 is 11.6 Å². The van der Waals surface area contributed by atoms with Crippen molar-refractivity contribution in [2.45, 2.75) is 26.7 Å². The Kier molecular flexibility index (Phi) is 5.20. The standard InChI is InChI=1S/C22H21N5O2/c1-14-6-8-16(9-7-14)19-13-23-21(29-19)11-10-20(28)25-18-5-3-4-17(12-18)22-24-15(2)26-27-22/h3-9,12-13H,10-11H2,1-2H3,(H,25,28)(H,24,26,27). The van der Waals surface area contributed by atoms with E-state index in [9.17, 15) is 4.79 Å². The Labute approximate surface area is 168 Å². The van der Waals surface area contributed by atoms with Crippen LogP contribution in [0.15, 0.2) is 59.1 Å². The number of aromatic nitrogens is 4. The summed E-state index contributed by atoms with van der Waals surface area (Å²) < 4.78 is 5.78. The second-order valence-electron chi connectivity index (χ2n) is 6.86. The Morgan fingerprint density at radius 1 is 1.10 bits per heavy atom. The van der Waals surface area contributed by atoms with Gasteiger partial charge in [0.2, 0.25) is 5.91 Å². The second kappa shape index (κ2) is 8.10. The Morgan fingerprint density at radius 3 is 2.69 bits per heavy atom. The van der Waals surface area contributed by atoms with Crippen molar-refractivity contribution < 1.29 is 9.21 Å². The maximum atomic E-state index is 12.3. The molecule has 7 heteroatoms. The number of carbonyl (C=O) groups is 1. The van der Waals surface area contributed by atoms with Crippen LogP contribution in [0.3, 0.4) is 0 Å². The highest BCUT2D eigenvalue weighted by Crippen LogP contribution is 2.22. The molecule has 0 saturated carbocycles. The van der Waals surface area contributed by atoms with Gasteiger partial charge in [-0.2, -0.15) is 5.10 Å². The van der Waals surface area contributed by atoms with Crippen LogP contribution in [0.4, 0.5) is 5.69 Å². The van der Waals surface area contributed by atoms with Crippen LogP contribution >= 0.6 is 0 Å². The molecule has 2 N–H and O–H groups in total. The second-order valence-corrected chi connectivity index (χ2v) is 6.86. The maximum Gasteiger partial charge on any atom is 0.224 e. The van der Waals surface area contributed by atoms with Crippen LogP contribution in [0, 0.1) is 13.8 Å². The molecule has 0 radical (unpaired) electrons. The van der Waals surface area contributed by atoms with Crippen LogP contribution in [0.25, 0.3) is 22.7 Å². The molecule has 0 atom stereocenters. The van der Waals surface area contributed by atoms with E-state index in [1.165, 1.54) is 5.56 Å². The van der Waals surface area contributed by atoms with Gasteiger partial charge in [0.05, 0.1) is 6.20 Å². The van der Waals surface area contributed by atoms with Gasteiger partial charge in [0.1, 0.15) is 5.82 Å². The molecule has 0 aliphatic carbocycles. The highest BCUT2D eigenvalue weighted by molar-refractivity contribution is 5.91. The van der Waals surface area contributed by atoms with Crippen molar-refractivity contribution in [3.8, 4) is 22.7 Å². The van der Waals surface area contributed by atoms with Gasteiger partial charge in [-0.3, -0.25) is 9.89 Å². The number of oxazole rings is 1. The average Bonchev–Trinajstić information content (AvgIpc) is 3.36. The number of anilines is 1. The number of H-pyrrole nitrogens is 1. The monoisotopic (exact) mass is 387 g/mol. The highest BCUT2D eigenvalue weighted by Gasteiger charge is 2.10. The number of nitrogens with one attached hydrogen (secondary N) is 2. The van der Waals surface area contributed by atoms with E-state index in [-0.39, 0.29) is 12.3 Å². The molecule has 0 spiro atoms. The number of hydrogen-bond donors (Lipinski definition) is 2. The van der Waals surface area contributed by atoms with E-state index < -0.39 is 0 Å². The predicted molar refractivity (Wildman–Crippen MR) is 110 cm³/mol. The van der Waals surface area contributed by atoms with E-state index in [1.807, 2.05) is 62.4 Å². The predicted octanol–water partition coefficient (Wildman–Crippen LogP) is 4.31. The Balaban J connectivity index is 1.35. The third-order valence-electron chi connectivity index (χ3n) is 4.46. The lowest BCUT2D eigenvalue weighted by molar-refractivity contribution is -0.116. The van der Waals surface area contributed by atoms with Crippen LogP contribution < -0.4 is 5.32 Å². The molecule has 1 amide bonds. The van der Waals surface area contributed by atoms with Crippen molar-refractivity contribution in [1.29, 1.82) is 0 Å². The molecule has 7 nitrogen and oxygen atoms in total. The summed E-state index contributed by atoms with van der Waals surface area (Å²) in [5.74, 6) is 2.48. The summed E-state index contributed by atoms with van der Waals surface area (Å²) in [5.41, 5.74) is 3.69. The lowest BCUT2D eigenvalue weighted by Crippen LogP contribution is -2.12. The van der Waals surface area contributed by atoms with Crippen molar-refractivity contribution in [3.63, 3.8) is 0 Å². The molecule has 0 fully saturated rings. The first-order valence-electron chi connectivity index (χ1n) is 9.38. The van der Waals surface area contributed by atoms with Crippen LogP contribution in [0.5, 0.6) is 0 Å². The van der Waals surface area contributed by atoms with E-state index in [0.717, 1.165) is 17.0 Å². The molecule has 2 aromatic carbocycles. The fourth-order valence-corrected chi connectivity index (χ4v) is 2.93. The zero-order chi connectivity index (χ0) is 20.2. The molecule has 2 aromatic heterocycles. The summed E-state index contributed by atoms with van der Waals surface area (Å²) in [7, 11) is 0. The first kappa shape index (κ1) is 18.6. The first-order chi connectivity index (χ1) is 14.1. The molecule has 4 aromatic rings. The topological polar surface area (TPSA) is 96.7 Å². The molecule has 0 aliphatic heterocycles. The van der Waals surface area contributed by atoms with Crippen LogP contribution in [0.1, 0.15) is 23.7 Å². The minimum Gasteiger partial charge on any atom is -0.441 e. The van der Waals surface area contributed by atoms with Gasteiger partial charge in [-0.25, -0.2) is 9.97 Å². The van der Waals surface area contributed by atoms with Crippen molar-refractivity contribution in [2.75, 3.05) is 5.32 Å². The summed E-state index contributed by atoms with van der Waals surface area (Å²) >= 11 is 0. The number of nitrogens with zero attached hydrogens (tertiary/aromatic N) is 3. The molecule has 4 rings (SSSR count). The lowest BCUT2D eigenvalue weighted by atomic mass is 10.1. The van der Waals surface area contributed by atoms with Gasteiger partial charge in [0.15, 0.2) is 17.5 Å². The summed E-state index contributed by atoms with van der Waals surface area (Å²) in [4.78, 5) is 20.9. The molecule has 0 saturated heterocycles. The Morgan fingerprint density at radius 2 is 1.93 bits per heavy atom. The van der Waals surface area contributed by atoms with Gasteiger partial charge in [-0.1, -0.05) is 42.0 Å². The molecule has 29 heavy (non-hydrogen) atoms. The van der Waals surface area contributed by atoms with Gasteiger partial charge in [0, 0.05) is 29.7 Å². The van der Waals surface area contributed by atoms with E-state index in [2.05, 4.69) is 25.5 Å². The van der Waals surface area contributed by atoms with Gasteiger partial charge >= 0.3 is 0 Å². The van der Waals surface area contributed by atoms with E-state index in [1.54, 1.807) is 6.20 Å². The number of benzene rings is 2. The molecule has 0 unspecified atom stereocenters. The molecular weight excluding hydrogens is 366 g/mol. The molecule has 0 bridgehead atoms. The first-order valence-corrected chi connectivity index (χ1v) is 9.38. The van der Waals surface area contributed by atoms with Crippen LogP contribution in [-0.2, 0) is 11.2 Å². The SMILES string of the molecule is Cc1ccc(-c2cnc(CCC(=O)Nc3cccc(-c4n[nH]c(C)n4)c3)o2)cc1. The van der Waals surface area contributed by atoms with Crippen molar-refractivity contribution in [1.82, 2.24) is 20.2 Å². The largest absolute Gasteiger partial charge is 0.441 e. The lowest BCUT2D eigenvalue weighted by Gasteiger charge is -2.05. The van der Waals surface area contributed by atoms with E-state index >= 15 is 0 Å². The molecule has 2 heterocycles. The molecule has 0 aliphatic rings. The van der Waals surface area contributed by atoms with Crippen LogP contribution in [-0.4, -0.2) is 26.1 Å². The Hall–Kier alpha value is -3.74. The van der Waals surface area contributed by atoms with Gasteiger partial charge in [-0.05, 0) is 26.0 Å². The smallest absolute Gasteiger partial charge is 0.224 e. The summed E-state index contributed by atoms with van der Waals surface area (Å²) in [6.07, 6.45) is 2.40. The van der Waals surface area contributed by atoms with Crippen molar-refractivity contribution in [3.05, 3.63) is 72.0 Å². The number of rotatable bonds is 6. The quantitative estimate of drug-likeness (QED) is 0.514. The van der Waals surface area contributed by atoms with Crippen molar-refractivity contribution in [2.24, 2.45) is 0 Å². The summed E-state index contributed by atoms with van der Waals surface area (Å²) in [6, 6.07) is 15.5. The average molecular weight is 387 g/mol. The number of hydrogen-bond acceptors (Lipinski definition) is 5. The number of aromatic amines is 1. The maximum absolute atomic E-state index is 12.3. The normalized spacial score (nSPS) is 10.8.